The second-order valence-corrected chi connectivity index (χ2v) is 3.72. The molecule has 2 N–H and O–H groups in total. The number of primary amides is 1. The number of hydrogen-bond donors (Lipinski definition) is 1. The van der Waals surface area contributed by atoms with Crippen molar-refractivity contribution in [3.8, 4) is 0 Å². The van der Waals surface area contributed by atoms with Gasteiger partial charge in [-0.2, -0.15) is 10.2 Å². The van der Waals surface area contributed by atoms with Gasteiger partial charge in [0.25, 0.3) is 5.91 Å². The fourth-order valence-corrected chi connectivity index (χ4v) is 1.45. The molecule has 0 bridgehead atoms. The summed E-state index contributed by atoms with van der Waals surface area (Å²) in [5.74, 6) is 0.0590. The number of carbonyl (C=O) groups excluding carboxylic acids is 2. The Labute approximate surface area is 115 Å². The summed E-state index contributed by atoms with van der Waals surface area (Å²) in [4.78, 5) is 28.8. The van der Waals surface area contributed by atoms with Gasteiger partial charge >= 0.3 is 0 Å². The van der Waals surface area contributed by atoms with Crippen LogP contribution >= 0.6 is 0 Å². The molecule has 0 fully saturated rings. The molecule has 0 aliphatic heterocycles. The van der Waals surface area contributed by atoms with Crippen molar-refractivity contribution < 1.29 is 9.59 Å². The molecule has 2 aromatic heterocycles. The van der Waals surface area contributed by atoms with Gasteiger partial charge in [-0.05, 0) is 13.8 Å². The van der Waals surface area contributed by atoms with Crippen LogP contribution < -0.4 is 5.73 Å². The third kappa shape index (κ3) is 3.70. The molecule has 0 radical (unpaired) electrons. The van der Waals surface area contributed by atoms with Gasteiger partial charge in [0.1, 0.15) is 12.7 Å². The zero-order chi connectivity index (χ0) is 15.1. The Hall–Kier alpha value is -2.58. The summed E-state index contributed by atoms with van der Waals surface area (Å²) in [7, 11) is 0. The molecule has 2 heterocycles. The van der Waals surface area contributed by atoms with Crippen molar-refractivity contribution in [3.63, 3.8) is 0 Å². The molecule has 108 valence electrons. The van der Waals surface area contributed by atoms with Gasteiger partial charge in [0, 0.05) is 20.0 Å². The maximum atomic E-state index is 10.8. The number of aryl methyl sites for hydroxylation is 2. The number of rotatable bonds is 4. The minimum atomic E-state index is -0.542. The number of aromatic nitrogens is 6. The van der Waals surface area contributed by atoms with E-state index in [2.05, 4.69) is 20.2 Å². The Bertz CT molecular complexity index is 535. The number of carbonyl (C=O) groups is 2. The highest BCUT2D eigenvalue weighted by atomic mass is 16.1. The highest BCUT2D eigenvalue weighted by molar-refractivity contribution is 5.90. The summed E-state index contributed by atoms with van der Waals surface area (Å²) in [5.41, 5.74) is 4.97. The molecule has 0 spiro atoms. The minimum absolute atomic E-state index is 0.0423. The number of Topliss-reactive ketones (excluding diaryl/α,β-unsaturated/α-hetero) is 1. The van der Waals surface area contributed by atoms with Crippen molar-refractivity contribution in [1.82, 2.24) is 29.5 Å². The third-order valence-electron chi connectivity index (χ3n) is 2.37. The first-order valence-corrected chi connectivity index (χ1v) is 6.07. The van der Waals surface area contributed by atoms with Crippen molar-refractivity contribution in [2.45, 2.75) is 33.9 Å². The lowest BCUT2D eigenvalue weighted by molar-refractivity contribution is 0.0981. The molecule has 2 rings (SSSR count). The maximum Gasteiger partial charge on any atom is 0.286 e. The van der Waals surface area contributed by atoms with Gasteiger partial charge in [-0.25, -0.2) is 19.3 Å². The number of hydrogen-bond acceptors (Lipinski definition) is 6. The monoisotopic (exact) mass is 279 g/mol. The Morgan fingerprint density at radius 2 is 1.50 bits per heavy atom. The third-order valence-corrected chi connectivity index (χ3v) is 2.37. The minimum Gasteiger partial charge on any atom is -0.363 e. The average molecular weight is 279 g/mol. The Balaban J connectivity index is 0.000000200. The van der Waals surface area contributed by atoms with E-state index in [1.165, 1.54) is 24.3 Å². The molecule has 0 saturated heterocycles. The first kappa shape index (κ1) is 15.5. The normalized spacial score (nSPS) is 9.75. The number of amides is 1. The highest BCUT2D eigenvalue weighted by Gasteiger charge is 2.07. The molecule has 0 aromatic carbocycles. The SMILES string of the molecule is CCn1ncnc1C(C)=O.CCn1ncnc1C(N)=O. The van der Waals surface area contributed by atoms with E-state index in [9.17, 15) is 9.59 Å². The molecule has 2 aromatic rings. The zero-order valence-corrected chi connectivity index (χ0v) is 11.6. The summed E-state index contributed by atoms with van der Waals surface area (Å²) < 4.78 is 3.02. The molecule has 0 saturated carbocycles. The van der Waals surface area contributed by atoms with Gasteiger partial charge in [0.05, 0.1) is 0 Å². The molecule has 9 nitrogen and oxygen atoms in total. The summed E-state index contributed by atoms with van der Waals surface area (Å²) in [6.45, 7) is 6.56. The van der Waals surface area contributed by atoms with E-state index < -0.39 is 5.91 Å². The van der Waals surface area contributed by atoms with Crippen LogP contribution in [-0.2, 0) is 13.1 Å². The van der Waals surface area contributed by atoms with E-state index in [1.807, 2.05) is 13.8 Å². The van der Waals surface area contributed by atoms with Crippen LogP contribution in [0.2, 0.25) is 0 Å². The van der Waals surface area contributed by atoms with Gasteiger partial charge in [0.2, 0.25) is 5.82 Å². The zero-order valence-electron chi connectivity index (χ0n) is 11.6. The molecular weight excluding hydrogens is 262 g/mol. The Kier molecular flexibility index (Phi) is 5.51. The predicted molar refractivity (Wildman–Crippen MR) is 69.9 cm³/mol. The van der Waals surface area contributed by atoms with E-state index in [0.717, 1.165) is 0 Å². The topological polar surface area (TPSA) is 122 Å². The van der Waals surface area contributed by atoms with Crippen molar-refractivity contribution in [2.24, 2.45) is 5.73 Å². The predicted octanol–water partition coefficient (Wildman–Crippen LogP) is -0.102. The quantitative estimate of drug-likeness (QED) is 0.780. The fraction of sp³-hybridized carbons (Fsp3) is 0.455. The van der Waals surface area contributed by atoms with Crippen LogP contribution in [-0.4, -0.2) is 41.2 Å². The Morgan fingerprint density at radius 3 is 1.80 bits per heavy atom. The summed E-state index contributed by atoms with van der Waals surface area (Å²) in [6.07, 6.45) is 2.70. The first-order chi connectivity index (χ1) is 9.51. The summed E-state index contributed by atoms with van der Waals surface area (Å²) in [5, 5.41) is 7.60. The number of nitrogens with zero attached hydrogens (tertiary/aromatic N) is 6. The van der Waals surface area contributed by atoms with Crippen molar-refractivity contribution in [1.29, 1.82) is 0 Å². The number of ketones is 1. The molecule has 20 heavy (non-hydrogen) atoms. The average Bonchev–Trinajstić information content (AvgIpc) is 3.07. The molecular formula is C11H17N7O2. The first-order valence-electron chi connectivity index (χ1n) is 6.07. The largest absolute Gasteiger partial charge is 0.363 e. The molecule has 0 aliphatic rings. The van der Waals surface area contributed by atoms with Crippen LogP contribution in [0.3, 0.4) is 0 Å². The van der Waals surface area contributed by atoms with Crippen molar-refractivity contribution in [3.05, 3.63) is 24.3 Å². The van der Waals surface area contributed by atoms with Gasteiger partial charge in [0.15, 0.2) is 11.6 Å². The van der Waals surface area contributed by atoms with E-state index in [0.29, 0.717) is 18.9 Å². The fourth-order valence-electron chi connectivity index (χ4n) is 1.45. The van der Waals surface area contributed by atoms with E-state index >= 15 is 0 Å². The molecule has 0 unspecified atom stereocenters. The Morgan fingerprint density at radius 1 is 1.05 bits per heavy atom. The lowest BCUT2D eigenvalue weighted by Gasteiger charge is -1.95. The highest BCUT2D eigenvalue weighted by Crippen LogP contribution is 1.93. The van der Waals surface area contributed by atoms with Gasteiger partial charge in [-0.1, -0.05) is 0 Å². The van der Waals surface area contributed by atoms with Gasteiger partial charge < -0.3 is 5.73 Å². The van der Waals surface area contributed by atoms with E-state index in [-0.39, 0.29) is 11.6 Å². The van der Waals surface area contributed by atoms with Gasteiger partial charge in [-0.15, -0.1) is 0 Å². The van der Waals surface area contributed by atoms with Crippen molar-refractivity contribution >= 4 is 11.7 Å². The van der Waals surface area contributed by atoms with Crippen LogP contribution in [0.25, 0.3) is 0 Å². The van der Waals surface area contributed by atoms with E-state index in [4.69, 9.17) is 5.73 Å². The maximum absolute atomic E-state index is 10.8. The van der Waals surface area contributed by atoms with Crippen LogP contribution in [0.4, 0.5) is 0 Å². The number of nitrogens with two attached hydrogens (primary N) is 1. The standard InChI is InChI=1S/C6H9N3O.C5H8N4O/c1-3-9-6(5(2)10)7-4-8-9;1-2-9-5(4(6)10)7-3-8-9/h4H,3H2,1-2H3;3H,2H2,1H3,(H2,6,10). The second-order valence-electron chi connectivity index (χ2n) is 3.72. The molecule has 9 heteroatoms. The summed E-state index contributed by atoms with van der Waals surface area (Å²) >= 11 is 0. The molecule has 0 aliphatic carbocycles. The summed E-state index contributed by atoms with van der Waals surface area (Å²) in [6, 6.07) is 0. The van der Waals surface area contributed by atoms with Crippen LogP contribution in [0.5, 0.6) is 0 Å². The lowest BCUT2D eigenvalue weighted by atomic mass is 10.4. The molecule has 0 atom stereocenters. The molecule has 1 amide bonds. The smallest absolute Gasteiger partial charge is 0.286 e. The van der Waals surface area contributed by atoms with Crippen LogP contribution in [0.15, 0.2) is 12.7 Å². The van der Waals surface area contributed by atoms with E-state index in [1.54, 1.807) is 4.68 Å². The van der Waals surface area contributed by atoms with Crippen molar-refractivity contribution in [2.75, 3.05) is 0 Å². The van der Waals surface area contributed by atoms with Gasteiger partial charge in [-0.3, -0.25) is 9.59 Å². The van der Waals surface area contributed by atoms with Crippen LogP contribution in [0.1, 0.15) is 42.0 Å². The second kappa shape index (κ2) is 7.12. The van der Waals surface area contributed by atoms with Crippen LogP contribution in [0, 0.1) is 0 Å². The lowest BCUT2D eigenvalue weighted by Crippen LogP contribution is -2.18.